The Labute approximate surface area is 82.0 Å². The molecule has 0 amide bonds. The van der Waals surface area contributed by atoms with Crippen LogP contribution in [0.15, 0.2) is 0 Å². The fraction of sp³-hybridized carbons (Fsp3) is 1.00. The van der Waals surface area contributed by atoms with Gasteiger partial charge in [0.2, 0.25) is 0 Å². The molecule has 0 radical (unpaired) electrons. The lowest BCUT2D eigenvalue weighted by Gasteiger charge is -2.25. The van der Waals surface area contributed by atoms with Gasteiger partial charge in [-0.15, -0.1) is 0 Å². The molecule has 0 aromatic heterocycles. The van der Waals surface area contributed by atoms with Gasteiger partial charge in [0.1, 0.15) is 0 Å². The number of hydrogen-bond donors (Lipinski definition) is 1. The van der Waals surface area contributed by atoms with Crippen LogP contribution in [0.25, 0.3) is 0 Å². The minimum atomic E-state index is 0.403. The first-order chi connectivity index (χ1) is 6.31. The molecule has 0 spiro atoms. The van der Waals surface area contributed by atoms with Crippen LogP contribution in [-0.2, 0) is 4.74 Å². The van der Waals surface area contributed by atoms with E-state index in [2.05, 4.69) is 19.2 Å². The van der Waals surface area contributed by atoms with E-state index in [0.717, 1.165) is 18.9 Å². The molecule has 1 aliphatic rings. The van der Waals surface area contributed by atoms with Crippen molar-refractivity contribution in [2.45, 2.75) is 51.7 Å². The number of nitrogens with one attached hydrogen (secondary N) is 1. The second kappa shape index (κ2) is 5.61. The molecular formula is C11H23NO. The van der Waals surface area contributed by atoms with Crippen LogP contribution in [0.2, 0.25) is 0 Å². The number of rotatable bonds is 7. The molecule has 2 heteroatoms. The smallest absolute Gasteiger partial charge is 0.0721 e. The molecule has 0 aromatic rings. The Morgan fingerprint density at radius 3 is 2.46 bits per heavy atom. The lowest BCUT2D eigenvalue weighted by molar-refractivity contribution is 0.0612. The summed E-state index contributed by atoms with van der Waals surface area (Å²) in [5.41, 5.74) is 0. The van der Waals surface area contributed by atoms with Gasteiger partial charge in [0.05, 0.1) is 6.10 Å². The second-order valence-corrected chi connectivity index (χ2v) is 4.03. The summed E-state index contributed by atoms with van der Waals surface area (Å²) < 4.78 is 5.48. The Morgan fingerprint density at radius 1 is 1.38 bits per heavy atom. The molecule has 0 aromatic carbocycles. The van der Waals surface area contributed by atoms with Gasteiger partial charge in [0, 0.05) is 13.2 Å². The Hall–Kier alpha value is -0.0800. The molecule has 1 saturated carbocycles. The van der Waals surface area contributed by atoms with Crippen molar-refractivity contribution in [1.29, 1.82) is 0 Å². The van der Waals surface area contributed by atoms with Crippen LogP contribution in [-0.4, -0.2) is 25.8 Å². The van der Waals surface area contributed by atoms with E-state index in [-0.39, 0.29) is 0 Å². The monoisotopic (exact) mass is 185 g/mol. The summed E-state index contributed by atoms with van der Waals surface area (Å²) in [6.45, 7) is 5.42. The summed E-state index contributed by atoms with van der Waals surface area (Å²) in [5, 5.41) is 3.53. The normalized spacial score (nSPS) is 21.5. The SMILES string of the molecule is CCNC(CC1CC1)C(CC)OC. The summed E-state index contributed by atoms with van der Waals surface area (Å²) >= 11 is 0. The van der Waals surface area contributed by atoms with Gasteiger partial charge < -0.3 is 10.1 Å². The van der Waals surface area contributed by atoms with E-state index in [1.165, 1.54) is 19.3 Å². The van der Waals surface area contributed by atoms with Gasteiger partial charge >= 0.3 is 0 Å². The minimum absolute atomic E-state index is 0.403. The lowest BCUT2D eigenvalue weighted by Crippen LogP contribution is -2.40. The highest BCUT2D eigenvalue weighted by Crippen LogP contribution is 2.34. The van der Waals surface area contributed by atoms with Gasteiger partial charge in [-0.3, -0.25) is 0 Å². The molecule has 0 saturated heterocycles. The number of likely N-dealkylation sites (N-methyl/N-ethyl adjacent to an activating group) is 1. The van der Waals surface area contributed by atoms with E-state index < -0.39 is 0 Å². The summed E-state index contributed by atoms with van der Waals surface area (Å²) in [5.74, 6) is 0.980. The van der Waals surface area contributed by atoms with Crippen molar-refractivity contribution in [2.75, 3.05) is 13.7 Å². The van der Waals surface area contributed by atoms with Gasteiger partial charge in [-0.2, -0.15) is 0 Å². The Kier molecular flexibility index (Phi) is 4.74. The quantitative estimate of drug-likeness (QED) is 0.656. The average Bonchev–Trinajstić information content (AvgIpc) is 2.91. The minimum Gasteiger partial charge on any atom is -0.380 e. The number of methoxy groups -OCH3 is 1. The van der Waals surface area contributed by atoms with Crippen LogP contribution in [0.3, 0.4) is 0 Å². The van der Waals surface area contributed by atoms with Crippen molar-refractivity contribution in [3.63, 3.8) is 0 Å². The highest BCUT2D eigenvalue weighted by atomic mass is 16.5. The summed E-state index contributed by atoms with van der Waals surface area (Å²) in [6, 6.07) is 0.576. The summed E-state index contributed by atoms with van der Waals surface area (Å²) in [7, 11) is 1.82. The Morgan fingerprint density at radius 2 is 2.08 bits per heavy atom. The zero-order valence-electron chi connectivity index (χ0n) is 9.18. The highest BCUT2D eigenvalue weighted by molar-refractivity contribution is 4.84. The van der Waals surface area contributed by atoms with E-state index >= 15 is 0 Å². The van der Waals surface area contributed by atoms with Crippen molar-refractivity contribution in [3.05, 3.63) is 0 Å². The standard InChI is InChI=1S/C11H23NO/c1-4-11(13-3)10(12-5-2)8-9-6-7-9/h9-12H,4-8H2,1-3H3. The molecule has 1 N–H and O–H groups in total. The summed E-state index contributed by atoms with van der Waals surface area (Å²) in [4.78, 5) is 0. The maximum Gasteiger partial charge on any atom is 0.0721 e. The van der Waals surface area contributed by atoms with Crippen LogP contribution in [0.1, 0.15) is 39.5 Å². The van der Waals surface area contributed by atoms with Crippen molar-refractivity contribution in [1.82, 2.24) is 5.32 Å². The number of ether oxygens (including phenoxy) is 1. The predicted octanol–water partition coefficient (Wildman–Crippen LogP) is 2.19. The fourth-order valence-electron chi connectivity index (χ4n) is 1.96. The van der Waals surface area contributed by atoms with Crippen LogP contribution in [0.4, 0.5) is 0 Å². The molecule has 2 nitrogen and oxygen atoms in total. The van der Waals surface area contributed by atoms with Gasteiger partial charge in [0.25, 0.3) is 0 Å². The molecule has 1 fully saturated rings. The number of hydrogen-bond acceptors (Lipinski definition) is 2. The molecule has 1 aliphatic carbocycles. The molecule has 0 aliphatic heterocycles. The average molecular weight is 185 g/mol. The molecule has 0 bridgehead atoms. The van der Waals surface area contributed by atoms with Crippen LogP contribution < -0.4 is 5.32 Å². The third-order valence-electron chi connectivity index (χ3n) is 2.90. The van der Waals surface area contributed by atoms with Crippen molar-refractivity contribution in [3.8, 4) is 0 Å². The first kappa shape index (κ1) is 11.0. The van der Waals surface area contributed by atoms with Gasteiger partial charge in [-0.25, -0.2) is 0 Å². The van der Waals surface area contributed by atoms with Crippen LogP contribution in [0.5, 0.6) is 0 Å². The first-order valence-electron chi connectivity index (χ1n) is 5.57. The molecule has 78 valence electrons. The molecule has 2 unspecified atom stereocenters. The molecule has 0 heterocycles. The van der Waals surface area contributed by atoms with E-state index in [4.69, 9.17) is 4.74 Å². The van der Waals surface area contributed by atoms with E-state index in [1.54, 1.807) is 0 Å². The van der Waals surface area contributed by atoms with Crippen LogP contribution in [0, 0.1) is 5.92 Å². The van der Waals surface area contributed by atoms with E-state index in [0.29, 0.717) is 12.1 Å². The van der Waals surface area contributed by atoms with E-state index in [9.17, 15) is 0 Å². The third-order valence-corrected chi connectivity index (χ3v) is 2.90. The zero-order valence-corrected chi connectivity index (χ0v) is 9.18. The van der Waals surface area contributed by atoms with E-state index in [1.807, 2.05) is 7.11 Å². The Balaban J connectivity index is 2.32. The van der Waals surface area contributed by atoms with Gasteiger partial charge in [-0.1, -0.05) is 26.7 Å². The second-order valence-electron chi connectivity index (χ2n) is 4.03. The van der Waals surface area contributed by atoms with Crippen molar-refractivity contribution < 1.29 is 4.74 Å². The Bertz CT molecular complexity index is 130. The van der Waals surface area contributed by atoms with Crippen LogP contribution >= 0.6 is 0 Å². The zero-order chi connectivity index (χ0) is 9.68. The van der Waals surface area contributed by atoms with Gasteiger partial charge in [-0.05, 0) is 25.3 Å². The third kappa shape index (κ3) is 3.65. The summed E-state index contributed by atoms with van der Waals surface area (Å²) in [6.07, 6.45) is 5.69. The van der Waals surface area contributed by atoms with Crippen molar-refractivity contribution >= 4 is 0 Å². The maximum absolute atomic E-state index is 5.48. The maximum atomic E-state index is 5.48. The molecule has 1 rings (SSSR count). The topological polar surface area (TPSA) is 21.3 Å². The lowest BCUT2D eigenvalue weighted by atomic mass is 10.0. The highest BCUT2D eigenvalue weighted by Gasteiger charge is 2.28. The predicted molar refractivity (Wildman–Crippen MR) is 55.9 cm³/mol. The fourth-order valence-corrected chi connectivity index (χ4v) is 1.96. The first-order valence-corrected chi connectivity index (χ1v) is 5.57. The van der Waals surface area contributed by atoms with Crippen molar-refractivity contribution in [2.24, 2.45) is 5.92 Å². The molecule has 2 atom stereocenters. The molecular weight excluding hydrogens is 162 g/mol. The van der Waals surface area contributed by atoms with Gasteiger partial charge in [0.15, 0.2) is 0 Å². The largest absolute Gasteiger partial charge is 0.380 e. The molecule has 13 heavy (non-hydrogen) atoms.